The highest BCUT2D eigenvalue weighted by atomic mass is 16.5. The Kier molecular flexibility index (Phi) is 7.91. The summed E-state index contributed by atoms with van der Waals surface area (Å²) in [6, 6.07) is 7.00. The fraction of sp³-hybridized carbons (Fsp3) is 0.526. The Hall–Kier alpha value is -2.77. The summed E-state index contributed by atoms with van der Waals surface area (Å²) >= 11 is 0. The molecule has 148 valence electrons. The van der Waals surface area contributed by atoms with Gasteiger partial charge < -0.3 is 23.8 Å². The zero-order valence-electron chi connectivity index (χ0n) is 15.6. The van der Waals surface area contributed by atoms with Gasteiger partial charge in [-0.05, 0) is 37.1 Å². The predicted octanol–water partition coefficient (Wildman–Crippen LogP) is 1.42. The quantitative estimate of drug-likeness (QED) is 0.631. The van der Waals surface area contributed by atoms with E-state index >= 15 is 0 Å². The fourth-order valence-electron chi connectivity index (χ4n) is 2.76. The molecular weight excluding hydrogens is 354 g/mol. The van der Waals surface area contributed by atoms with Crippen molar-refractivity contribution in [2.24, 2.45) is 5.92 Å². The molecule has 8 nitrogen and oxygen atoms in total. The third kappa shape index (κ3) is 6.47. The average Bonchev–Trinajstić information content (AvgIpc) is 2.72. The molecule has 0 aliphatic carbocycles. The molecule has 8 heteroatoms. The molecule has 1 aliphatic heterocycles. The molecule has 1 saturated heterocycles. The first-order chi connectivity index (χ1) is 13.0. The van der Waals surface area contributed by atoms with Crippen molar-refractivity contribution in [1.82, 2.24) is 4.90 Å². The van der Waals surface area contributed by atoms with E-state index in [0.29, 0.717) is 31.7 Å². The number of ether oxygens (including phenoxy) is 4. The van der Waals surface area contributed by atoms with Crippen molar-refractivity contribution in [1.29, 1.82) is 0 Å². The molecule has 0 bridgehead atoms. The number of carbonyl (C=O) groups is 3. The van der Waals surface area contributed by atoms with E-state index in [9.17, 15) is 14.4 Å². The van der Waals surface area contributed by atoms with Crippen molar-refractivity contribution in [3.63, 3.8) is 0 Å². The van der Waals surface area contributed by atoms with Gasteiger partial charge in [0.05, 0.1) is 33.2 Å². The van der Waals surface area contributed by atoms with Crippen LogP contribution in [0.2, 0.25) is 0 Å². The summed E-state index contributed by atoms with van der Waals surface area (Å²) in [5.74, 6) is 0.162. The molecule has 0 aromatic heterocycles. The van der Waals surface area contributed by atoms with Crippen molar-refractivity contribution in [3.8, 4) is 11.5 Å². The minimum Gasteiger partial charge on any atom is -0.497 e. The predicted molar refractivity (Wildman–Crippen MR) is 95.4 cm³/mol. The number of hydrogen-bond acceptors (Lipinski definition) is 7. The van der Waals surface area contributed by atoms with E-state index in [1.807, 2.05) is 0 Å². The molecular formula is C19H25NO7. The van der Waals surface area contributed by atoms with Crippen LogP contribution in [-0.2, 0) is 23.9 Å². The van der Waals surface area contributed by atoms with Crippen molar-refractivity contribution in [2.75, 3.05) is 40.5 Å². The summed E-state index contributed by atoms with van der Waals surface area (Å²) in [5.41, 5.74) is 0. The molecule has 1 aromatic carbocycles. The first kappa shape index (κ1) is 20.5. The van der Waals surface area contributed by atoms with Gasteiger partial charge in [0.1, 0.15) is 11.5 Å². The van der Waals surface area contributed by atoms with Gasteiger partial charge in [-0.15, -0.1) is 0 Å². The second-order valence-corrected chi connectivity index (χ2v) is 6.11. The number of methoxy groups -OCH3 is 2. The van der Waals surface area contributed by atoms with Crippen molar-refractivity contribution in [3.05, 3.63) is 24.3 Å². The minimum atomic E-state index is -0.499. The summed E-state index contributed by atoms with van der Waals surface area (Å²) in [5, 5.41) is 0. The fourth-order valence-corrected chi connectivity index (χ4v) is 2.76. The second kappa shape index (κ2) is 10.4. The molecule has 0 spiro atoms. The Morgan fingerprint density at radius 3 is 2.26 bits per heavy atom. The van der Waals surface area contributed by atoms with Gasteiger partial charge in [-0.1, -0.05) is 0 Å². The maximum Gasteiger partial charge on any atom is 0.309 e. The number of benzene rings is 1. The maximum atomic E-state index is 12.1. The number of nitrogens with zero attached hydrogens (tertiary/aromatic N) is 1. The summed E-state index contributed by atoms with van der Waals surface area (Å²) < 4.78 is 20.2. The molecule has 2 rings (SSSR count). The topological polar surface area (TPSA) is 91.4 Å². The molecule has 0 atom stereocenters. The highest BCUT2D eigenvalue weighted by Gasteiger charge is 2.28. The molecule has 1 aliphatic rings. The Morgan fingerprint density at radius 1 is 1.04 bits per heavy atom. The van der Waals surface area contributed by atoms with Crippen molar-refractivity contribution in [2.45, 2.75) is 19.3 Å². The van der Waals surface area contributed by atoms with Gasteiger partial charge in [0, 0.05) is 13.1 Å². The molecule has 0 radical (unpaired) electrons. The Morgan fingerprint density at radius 2 is 1.67 bits per heavy atom. The van der Waals surface area contributed by atoms with Crippen LogP contribution in [0, 0.1) is 5.92 Å². The van der Waals surface area contributed by atoms with Crippen LogP contribution >= 0.6 is 0 Å². The van der Waals surface area contributed by atoms with Gasteiger partial charge in [-0.2, -0.15) is 0 Å². The van der Waals surface area contributed by atoms with E-state index in [0.717, 1.165) is 5.75 Å². The average molecular weight is 379 g/mol. The minimum absolute atomic E-state index is 0.0454. The molecule has 1 fully saturated rings. The van der Waals surface area contributed by atoms with Gasteiger partial charge >= 0.3 is 11.9 Å². The van der Waals surface area contributed by atoms with E-state index < -0.39 is 5.97 Å². The third-order valence-corrected chi connectivity index (χ3v) is 4.37. The molecule has 0 N–H and O–H groups in total. The van der Waals surface area contributed by atoms with E-state index in [2.05, 4.69) is 0 Å². The number of piperidine rings is 1. The lowest BCUT2D eigenvalue weighted by atomic mass is 9.97. The normalized spacial score (nSPS) is 14.4. The van der Waals surface area contributed by atoms with E-state index in [-0.39, 0.29) is 37.4 Å². The summed E-state index contributed by atoms with van der Waals surface area (Å²) in [6.07, 6.45) is 1.16. The molecule has 27 heavy (non-hydrogen) atoms. The first-order valence-electron chi connectivity index (χ1n) is 8.81. The largest absolute Gasteiger partial charge is 0.497 e. The first-order valence-corrected chi connectivity index (χ1v) is 8.81. The smallest absolute Gasteiger partial charge is 0.309 e. The standard InChI is InChI=1S/C19H25NO7/c1-24-15-3-5-16(6-4-15)26-12-9-18(22)27-13-17(21)20-10-7-14(8-11-20)19(23)25-2/h3-6,14H,7-13H2,1-2H3. The van der Waals surface area contributed by atoms with Crippen LogP contribution in [-0.4, -0.2) is 63.3 Å². The van der Waals surface area contributed by atoms with Crippen LogP contribution in [0.5, 0.6) is 11.5 Å². The number of likely N-dealkylation sites (tertiary alicyclic amines) is 1. The van der Waals surface area contributed by atoms with Crippen molar-refractivity contribution >= 4 is 17.8 Å². The van der Waals surface area contributed by atoms with Gasteiger partial charge in [0.15, 0.2) is 6.61 Å². The monoisotopic (exact) mass is 379 g/mol. The number of hydrogen-bond donors (Lipinski definition) is 0. The Balaban J connectivity index is 1.62. The summed E-state index contributed by atoms with van der Waals surface area (Å²) in [4.78, 5) is 36.9. The highest BCUT2D eigenvalue weighted by Crippen LogP contribution is 2.19. The van der Waals surface area contributed by atoms with Gasteiger partial charge in [-0.25, -0.2) is 0 Å². The summed E-state index contributed by atoms with van der Waals surface area (Å²) in [6.45, 7) is 0.765. The van der Waals surface area contributed by atoms with E-state index in [1.54, 1.807) is 36.3 Å². The highest BCUT2D eigenvalue weighted by molar-refractivity contribution is 5.81. The van der Waals surface area contributed by atoms with Crippen LogP contribution in [0.4, 0.5) is 0 Å². The molecule has 0 unspecified atom stereocenters. The van der Waals surface area contributed by atoms with Crippen LogP contribution in [0.3, 0.4) is 0 Å². The van der Waals surface area contributed by atoms with Crippen LogP contribution in [0.15, 0.2) is 24.3 Å². The van der Waals surface area contributed by atoms with Gasteiger partial charge in [-0.3, -0.25) is 14.4 Å². The SMILES string of the molecule is COC(=O)C1CCN(C(=O)COC(=O)CCOc2ccc(OC)cc2)CC1. The van der Waals surface area contributed by atoms with Crippen LogP contribution in [0.25, 0.3) is 0 Å². The molecule has 1 aromatic rings. The molecule has 1 amide bonds. The van der Waals surface area contributed by atoms with E-state index in [1.165, 1.54) is 7.11 Å². The number of carbonyl (C=O) groups excluding carboxylic acids is 3. The van der Waals surface area contributed by atoms with Crippen LogP contribution in [0.1, 0.15) is 19.3 Å². The third-order valence-electron chi connectivity index (χ3n) is 4.37. The van der Waals surface area contributed by atoms with Crippen molar-refractivity contribution < 1.29 is 33.3 Å². The Bertz CT molecular complexity index is 636. The Labute approximate surface area is 158 Å². The second-order valence-electron chi connectivity index (χ2n) is 6.11. The number of rotatable bonds is 8. The van der Waals surface area contributed by atoms with Gasteiger partial charge in [0.2, 0.25) is 0 Å². The van der Waals surface area contributed by atoms with E-state index in [4.69, 9.17) is 18.9 Å². The summed E-state index contributed by atoms with van der Waals surface area (Å²) in [7, 11) is 2.94. The lowest BCUT2D eigenvalue weighted by Gasteiger charge is -2.30. The van der Waals surface area contributed by atoms with Crippen LogP contribution < -0.4 is 9.47 Å². The van der Waals surface area contributed by atoms with Gasteiger partial charge in [0.25, 0.3) is 5.91 Å². The number of esters is 2. The number of amides is 1. The zero-order chi connectivity index (χ0) is 19.6. The lowest BCUT2D eigenvalue weighted by molar-refractivity contribution is -0.154. The molecule has 0 saturated carbocycles. The lowest BCUT2D eigenvalue weighted by Crippen LogP contribution is -2.42. The zero-order valence-corrected chi connectivity index (χ0v) is 15.6. The maximum absolute atomic E-state index is 12.1. The molecule has 1 heterocycles.